The zero-order chi connectivity index (χ0) is 22.0. The molecule has 0 aliphatic heterocycles. The highest BCUT2D eigenvalue weighted by molar-refractivity contribution is 7.22. The second-order valence-electron chi connectivity index (χ2n) is 6.09. The molecule has 4 rings (SSSR count). The quantitative estimate of drug-likeness (QED) is 0.318. The average Bonchev–Trinajstić information content (AvgIpc) is 3.35. The summed E-state index contributed by atoms with van der Waals surface area (Å²) < 4.78 is 40.7. The number of ether oxygens (including phenoxy) is 2. The number of hydrogen-bond donors (Lipinski definition) is 1. The summed E-state index contributed by atoms with van der Waals surface area (Å²) in [4.78, 5) is 16.7. The molecule has 6 nitrogen and oxygen atoms in total. The number of fused-ring (bicyclic) bond motifs is 1. The van der Waals surface area contributed by atoms with Crippen LogP contribution in [-0.4, -0.2) is 17.5 Å². The minimum atomic E-state index is -2.92. The van der Waals surface area contributed by atoms with E-state index in [1.165, 1.54) is 24.3 Å². The van der Waals surface area contributed by atoms with Gasteiger partial charge < -0.3 is 13.9 Å². The first-order valence-corrected chi connectivity index (χ1v) is 10.3. The number of aromatic nitrogens is 1. The zero-order valence-electron chi connectivity index (χ0n) is 15.4. The summed E-state index contributed by atoms with van der Waals surface area (Å²) in [6.45, 7) is -2.88. The van der Waals surface area contributed by atoms with Crippen LogP contribution in [-0.2, 0) is 6.61 Å². The molecule has 0 radical (unpaired) electrons. The number of rotatable bonds is 7. The van der Waals surface area contributed by atoms with E-state index in [9.17, 15) is 13.6 Å². The van der Waals surface area contributed by atoms with Crippen molar-refractivity contribution in [2.24, 2.45) is 0 Å². The highest BCUT2D eigenvalue weighted by Gasteiger charge is 2.15. The molecule has 0 unspecified atom stereocenters. The lowest BCUT2D eigenvalue weighted by Crippen LogP contribution is -2.10. The highest BCUT2D eigenvalue weighted by Crippen LogP contribution is 2.32. The number of thiazole rings is 1. The number of hydrogen-bond acceptors (Lipinski definition) is 6. The van der Waals surface area contributed by atoms with Crippen molar-refractivity contribution >= 4 is 55.8 Å². The Morgan fingerprint density at radius 2 is 2.03 bits per heavy atom. The molecule has 1 amide bonds. The molecule has 0 bridgehead atoms. The zero-order valence-corrected chi connectivity index (χ0v) is 17.7. The molecule has 1 N–H and O–H groups in total. The van der Waals surface area contributed by atoms with E-state index in [-0.39, 0.29) is 28.3 Å². The lowest BCUT2D eigenvalue weighted by Gasteiger charge is -2.07. The topological polar surface area (TPSA) is 73.6 Å². The third kappa shape index (κ3) is 5.07. The number of carbonyl (C=O) groups excluding carboxylic acids is 1. The molecule has 0 spiro atoms. The van der Waals surface area contributed by atoms with E-state index in [4.69, 9.17) is 32.4 Å². The van der Waals surface area contributed by atoms with Gasteiger partial charge in [0.2, 0.25) is 0 Å². The SMILES string of the molecule is O=C(Nc1nc2ccc(OC(F)F)cc2s1)c1ccc(COc2cccc(Cl)c2Cl)o1. The van der Waals surface area contributed by atoms with Crippen molar-refractivity contribution in [2.75, 3.05) is 5.32 Å². The summed E-state index contributed by atoms with van der Waals surface area (Å²) in [7, 11) is 0. The fourth-order valence-electron chi connectivity index (χ4n) is 2.62. The number of furan rings is 1. The van der Waals surface area contributed by atoms with E-state index in [2.05, 4.69) is 15.0 Å². The molecule has 11 heteroatoms. The Hall–Kier alpha value is -2.88. The third-order valence-corrected chi connectivity index (χ3v) is 5.71. The number of benzene rings is 2. The molecule has 0 saturated carbocycles. The smallest absolute Gasteiger partial charge is 0.387 e. The van der Waals surface area contributed by atoms with Gasteiger partial charge in [0.1, 0.15) is 28.9 Å². The summed E-state index contributed by atoms with van der Waals surface area (Å²) in [5.74, 6) is 0.340. The van der Waals surface area contributed by atoms with Crippen LogP contribution in [0, 0.1) is 0 Å². The van der Waals surface area contributed by atoms with Crippen LogP contribution < -0.4 is 14.8 Å². The molecule has 0 fully saturated rings. The summed E-state index contributed by atoms with van der Waals surface area (Å²) in [6.07, 6.45) is 0. The van der Waals surface area contributed by atoms with E-state index in [1.54, 1.807) is 24.3 Å². The van der Waals surface area contributed by atoms with Crippen LogP contribution in [0.4, 0.5) is 13.9 Å². The minimum Gasteiger partial charge on any atom is -0.484 e. The van der Waals surface area contributed by atoms with Crippen molar-refractivity contribution in [1.29, 1.82) is 0 Å². The second-order valence-corrected chi connectivity index (χ2v) is 7.90. The van der Waals surface area contributed by atoms with Crippen LogP contribution >= 0.6 is 34.5 Å². The first-order chi connectivity index (χ1) is 14.9. The maximum absolute atomic E-state index is 12.4. The number of carbonyl (C=O) groups is 1. The lowest BCUT2D eigenvalue weighted by atomic mass is 10.3. The fraction of sp³-hybridized carbons (Fsp3) is 0.100. The summed E-state index contributed by atoms with van der Waals surface area (Å²) >= 11 is 13.1. The largest absolute Gasteiger partial charge is 0.484 e. The molecule has 160 valence electrons. The Labute approximate surface area is 188 Å². The van der Waals surface area contributed by atoms with Crippen molar-refractivity contribution in [3.05, 3.63) is 70.1 Å². The molecule has 0 saturated heterocycles. The summed E-state index contributed by atoms with van der Waals surface area (Å²) in [5, 5.41) is 3.55. The van der Waals surface area contributed by atoms with E-state index in [0.29, 0.717) is 26.7 Å². The van der Waals surface area contributed by atoms with Crippen LogP contribution in [0.15, 0.2) is 52.9 Å². The predicted octanol–water partition coefficient (Wildman–Crippen LogP) is 6.63. The van der Waals surface area contributed by atoms with Gasteiger partial charge in [-0.25, -0.2) is 4.98 Å². The molecule has 31 heavy (non-hydrogen) atoms. The van der Waals surface area contributed by atoms with E-state index in [0.717, 1.165) is 11.3 Å². The summed E-state index contributed by atoms with van der Waals surface area (Å²) in [5.41, 5.74) is 0.536. The van der Waals surface area contributed by atoms with Gasteiger partial charge in [0, 0.05) is 0 Å². The number of amides is 1. The maximum atomic E-state index is 12.4. The van der Waals surface area contributed by atoms with Crippen LogP contribution in [0.2, 0.25) is 10.0 Å². The highest BCUT2D eigenvalue weighted by atomic mass is 35.5. The Kier molecular flexibility index (Phi) is 6.26. The van der Waals surface area contributed by atoms with Crippen molar-refractivity contribution in [3.63, 3.8) is 0 Å². The van der Waals surface area contributed by atoms with Gasteiger partial charge in [-0.05, 0) is 42.5 Å². The van der Waals surface area contributed by atoms with E-state index >= 15 is 0 Å². The van der Waals surface area contributed by atoms with Gasteiger partial charge in [-0.2, -0.15) is 8.78 Å². The Bertz CT molecular complexity index is 1250. The fourth-order valence-corrected chi connectivity index (χ4v) is 3.85. The van der Waals surface area contributed by atoms with E-state index < -0.39 is 12.5 Å². The van der Waals surface area contributed by atoms with Gasteiger partial charge in [0.15, 0.2) is 10.9 Å². The molecule has 2 heterocycles. The minimum absolute atomic E-state index is 0.0134. The van der Waals surface area contributed by atoms with Crippen LogP contribution in [0.3, 0.4) is 0 Å². The molecule has 2 aromatic carbocycles. The van der Waals surface area contributed by atoms with Crippen molar-refractivity contribution in [2.45, 2.75) is 13.2 Å². The molecule has 0 aliphatic carbocycles. The number of halogens is 4. The molecule has 0 atom stereocenters. The van der Waals surface area contributed by atoms with Gasteiger partial charge >= 0.3 is 6.61 Å². The number of nitrogens with one attached hydrogen (secondary N) is 1. The molecule has 4 aromatic rings. The normalized spacial score (nSPS) is 11.1. The Morgan fingerprint density at radius 1 is 1.19 bits per heavy atom. The average molecular weight is 485 g/mol. The van der Waals surface area contributed by atoms with Gasteiger partial charge in [0.25, 0.3) is 5.91 Å². The van der Waals surface area contributed by atoms with E-state index in [1.807, 2.05) is 0 Å². The van der Waals surface area contributed by atoms with Crippen molar-refractivity contribution in [1.82, 2.24) is 4.98 Å². The molecular formula is C20H12Cl2F2N2O4S. The first-order valence-electron chi connectivity index (χ1n) is 8.71. The predicted molar refractivity (Wildman–Crippen MR) is 114 cm³/mol. The summed E-state index contributed by atoms with van der Waals surface area (Å²) in [6, 6.07) is 12.4. The van der Waals surface area contributed by atoms with Gasteiger partial charge in [0.05, 0.1) is 15.2 Å². The van der Waals surface area contributed by atoms with Crippen molar-refractivity contribution < 1.29 is 27.5 Å². The standard InChI is InChI=1S/C20H12Cl2F2N2O4S/c21-12-2-1-3-14(17(12)22)28-9-11-5-7-15(29-11)18(27)26-20-25-13-6-4-10(30-19(23)24)8-16(13)31-20/h1-8,19H,9H2,(H,25,26,27). The lowest BCUT2D eigenvalue weighted by molar-refractivity contribution is -0.0497. The van der Waals surface area contributed by atoms with Gasteiger partial charge in [-0.15, -0.1) is 0 Å². The number of nitrogens with zero attached hydrogens (tertiary/aromatic N) is 1. The monoisotopic (exact) mass is 484 g/mol. The van der Waals surface area contributed by atoms with Crippen LogP contribution in [0.1, 0.15) is 16.3 Å². The molecular weight excluding hydrogens is 473 g/mol. The third-order valence-electron chi connectivity index (χ3n) is 3.98. The van der Waals surface area contributed by atoms with Crippen LogP contribution in [0.5, 0.6) is 11.5 Å². The molecule has 0 aliphatic rings. The Balaban J connectivity index is 1.41. The second kappa shape index (κ2) is 9.09. The first kappa shape index (κ1) is 21.4. The Morgan fingerprint density at radius 3 is 2.84 bits per heavy atom. The van der Waals surface area contributed by atoms with Crippen molar-refractivity contribution in [3.8, 4) is 11.5 Å². The van der Waals surface area contributed by atoms with Gasteiger partial charge in [-0.1, -0.05) is 40.6 Å². The maximum Gasteiger partial charge on any atom is 0.387 e. The van der Waals surface area contributed by atoms with Crippen LogP contribution in [0.25, 0.3) is 10.2 Å². The number of anilines is 1. The number of alkyl halides is 2. The molecule has 2 aromatic heterocycles. The van der Waals surface area contributed by atoms with Gasteiger partial charge in [-0.3, -0.25) is 10.1 Å².